The van der Waals surface area contributed by atoms with Crippen LogP contribution in [0.15, 0.2) is 24.3 Å². The number of amides is 1. The van der Waals surface area contributed by atoms with Gasteiger partial charge in [-0.1, -0.05) is 36.1 Å². The first-order valence-corrected chi connectivity index (χ1v) is 8.19. The van der Waals surface area contributed by atoms with E-state index in [1.807, 2.05) is 18.7 Å². The molecule has 0 aromatic heterocycles. The first-order valence-electron chi connectivity index (χ1n) is 6.90. The van der Waals surface area contributed by atoms with Crippen molar-refractivity contribution in [1.82, 2.24) is 4.90 Å². The van der Waals surface area contributed by atoms with Crippen LogP contribution in [0.5, 0.6) is 0 Å². The zero-order valence-electron chi connectivity index (χ0n) is 12.7. The minimum Gasteiger partial charge on any atom is -0.358 e. The SMILES string of the molecule is CCN(CC)C(=S)SC(C)C(=O)Nc1ccccc1[N+](=O)[O-]. The topological polar surface area (TPSA) is 75.5 Å². The average molecular weight is 341 g/mol. The molecule has 0 aliphatic rings. The van der Waals surface area contributed by atoms with Crippen LogP contribution < -0.4 is 5.32 Å². The monoisotopic (exact) mass is 341 g/mol. The number of nitrogens with one attached hydrogen (secondary N) is 1. The van der Waals surface area contributed by atoms with E-state index in [1.165, 1.54) is 23.9 Å². The standard InChI is InChI=1S/C14H19N3O3S2/c1-4-16(5-2)14(21)22-10(3)13(18)15-11-8-6-7-9-12(11)17(19)20/h6-10H,4-5H2,1-3H3,(H,15,18). The van der Waals surface area contributed by atoms with Gasteiger partial charge in [0, 0.05) is 19.2 Å². The summed E-state index contributed by atoms with van der Waals surface area (Å²) in [6.45, 7) is 7.27. The highest BCUT2D eigenvalue weighted by molar-refractivity contribution is 8.23. The summed E-state index contributed by atoms with van der Waals surface area (Å²) in [6, 6.07) is 6.06. The van der Waals surface area contributed by atoms with E-state index >= 15 is 0 Å². The number of anilines is 1. The van der Waals surface area contributed by atoms with Gasteiger partial charge in [-0.25, -0.2) is 0 Å². The largest absolute Gasteiger partial charge is 0.358 e. The minimum atomic E-state index is -0.520. The van der Waals surface area contributed by atoms with Crippen molar-refractivity contribution < 1.29 is 9.72 Å². The van der Waals surface area contributed by atoms with Gasteiger partial charge in [0.2, 0.25) is 5.91 Å². The molecule has 1 N–H and O–H groups in total. The molecule has 0 heterocycles. The van der Waals surface area contributed by atoms with Crippen LogP contribution in [0, 0.1) is 10.1 Å². The molecule has 0 saturated carbocycles. The Bertz CT molecular complexity index is 562. The molecule has 0 aliphatic heterocycles. The lowest BCUT2D eigenvalue weighted by atomic mass is 10.2. The van der Waals surface area contributed by atoms with Gasteiger partial charge in [-0.15, -0.1) is 0 Å². The molecule has 0 aliphatic carbocycles. The summed E-state index contributed by atoms with van der Waals surface area (Å²) in [5, 5.41) is 13.1. The van der Waals surface area contributed by atoms with E-state index in [1.54, 1.807) is 19.1 Å². The second kappa shape index (κ2) is 8.70. The quantitative estimate of drug-likeness (QED) is 0.486. The molecule has 1 amide bonds. The molecule has 120 valence electrons. The van der Waals surface area contributed by atoms with Crippen LogP contribution in [0.1, 0.15) is 20.8 Å². The Morgan fingerprint density at radius 2 is 2.00 bits per heavy atom. The Hall–Kier alpha value is -1.67. The summed E-state index contributed by atoms with van der Waals surface area (Å²) in [6.07, 6.45) is 0. The summed E-state index contributed by atoms with van der Waals surface area (Å²) < 4.78 is 0.648. The molecule has 1 atom stereocenters. The van der Waals surface area contributed by atoms with Gasteiger partial charge in [0.15, 0.2) is 0 Å². The Kier molecular flexibility index (Phi) is 7.26. The number of hydrogen-bond donors (Lipinski definition) is 1. The molecular formula is C14H19N3O3S2. The molecule has 1 aromatic rings. The molecule has 0 bridgehead atoms. The van der Waals surface area contributed by atoms with Crippen molar-refractivity contribution in [1.29, 1.82) is 0 Å². The van der Waals surface area contributed by atoms with Crippen LogP contribution in [0.2, 0.25) is 0 Å². The molecular weight excluding hydrogens is 322 g/mol. The lowest BCUT2D eigenvalue weighted by Gasteiger charge is -2.22. The second-order valence-electron chi connectivity index (χ2n) is 4.46. The molecule has 0 radical (unpaired) electrons. The number of nitro groups is 1. The third kappa shape index (κ3) is 4.96. The van der Waals surface area contributed by atoms with Crippen LogP contribution in [0.4, 0.5) is 11.4 Å². The van der Waals surface area contributed by atoms with Gasteiger partial charge >= 0.3 is 0 Å². The molecule has 22 heavy (non-hydrogen) atoms. The van der Waals surface area contributed by atoms with Crippen LogP contribution in [0.25, 0.3) is 0 Å². The van der Waals surface area contributed by atoms with E-state index in [2.05, 4.69) is 5.32 Å². The van der Waals surface area contributed by atoms with Crippen molar-refractivity contribution in [2.75, 3.05) is 18.4 Å². The van der Waals surface area contributed by atoms with E-state index in [9.17, 15) is 14.9 Å². The van der Waals surface area contributed by atoms with Gasteiger partial charge in [-0.3, -0.25) is 14.9 Å². The number of carbonyl (C=O) groups excluding carboxylic acids is 1. The van der Waals surface area contributed by atoms with Gasteiger partial charge in [0.25, 0.3) is 5.69 Å². The number of rotatable bonds is 6. The summed E-state index contributed by atoms with van der Waals surface area (Å²) in [5.41, 5.74) is 0.0677. The smallest absolute Gasteiger partial charge is 0.292 e. The number of thiocarbonyl (C=S) groups is 1. The van der Waals surface area contributed by atoms with E-state index in [4.69, 9.17) is 12.2 Å². The van der Waals surface area contributed by atoms with E-state index < -0.39 is 10.2 Å². The van der Waals surface area contributed by atoms with Gasteiger partial charge < -0.3 is 10.2 Å². The van der Waals surface area contributed by atoms with Crippen molar-refractivity contribution >= 4 is 45.6 Å². The third-order valence-electron chi connectivity index (χ3n) is 3.03. The molecule has 1 unspecified atom stereocenters. The van der Waals surface area contributed by atoms with Crippen molar-refractivity contribution in [3.05, 3.63) is 34.4 Å². The fraction of sp³-hybridized carbons (Fsp3) is 0.429. The third-order valence-corrected chi connectivity index (χ3v) is 4.60. The van der Waals surface area contributed by atoms with Crippen LogP contribution in [-0.2, 0) is 4.79 Å². The first kappa shape index (κ1) is 18.4. The summed E-state index contributed by atoms with van der Waals surface area (Å²) in [5.74, 6) is -0.311. The molecule has 1 aromatic carbocycles. The average Bonchev–Trinajstić information content (AvgIpc) is 2.48. The van der Waals surface area contributed by atoms with E-state index in [0.29, 0.717) is 4.32 Å². The number of benzene rings is 1. The maximum absolute atomic E-state index is 12.2. The Labute approximate surface area is 139 Å². The summed E-state index contributed by atoms with van der Waals surface area (Å²) >= 11 is 6.58. The molecule has 1 rings (SSSR count). The predicted molar refractivity (Wildman–Crippen MR) is 94.3 cm³/mol. The summed E-state index contributed by atoms with van der Waals surface area (Å²) in [7, 11) is 0. The van der Waals surface area contributed by atoms with Gasteiger partial charge in [-0.2, -0.15) is 0 Å². The maximum atomic E-state index is 12.2. The van der Waals surface area contributed by atoms with Crippen molar-refractivity contribution in [3.8, 4) is 0 Å². The number of hydrogen-bond acceptors (Lipinski definition) is 5. The Balaban J connectivity index is 2.73. The van der Waals surface area contributed by atoms with Crippen molar-refractivity contribution in [2.24, 2.45) is 0 Å². The number of nitrogens with zero attached hydrogens (tertiary/aromatic N) is 2. The van der Waals surface area contributed by atoms with Gasteiger partial charge in [-0.05, 0) is 26.8 Å². The van der Waals surface area contributed by atoms with Crippen molar-refractivity contribution in [2.45, 2.75) is 26.0 Å². The maximum Gasteiger partial charge on any atom is 0.292 e. The summed E-state index contributed by atoms with van der Waals surface area (Å²) in [4.78, 5) is 24.6. The second-order valence-corrected chi connectivity index (χ2v) is 6.44. The fourth-order valence-electron chi connectivity index (χ4n) is 1.73. The highest BCUT2D eigenvalue weighted by Gasteiger charge is 2.21. The number of thioether (sulfide) groups is 1. The molecule has 0 saturated heterocycles. The predicted octanol–water partition coefficient (Wildman–Crippen LogP) is 3.28. The Morgan fingerprint density at radius 3 is 2.55 bits per heavy atom. The molecule has 0 fully saturated rings. The van der Waals surface area contributed by atoms with Crippen LogP contribution in [0.3, 0.4) is 0 Å². The lowest BCUT2D eigenvalue weighted by molar-refractivity contribution is -0.383. The molecule has 8 heteroatoms. The van der Waals surface area contributed by atoms with Gasteiger partial charge in [0.05, 0.1) is 10.2 Å². The number of para-hydroxylation sites is 2. The molecule has 6 nitrogen and oxygen atoms in total. The first-order chi connectivity index (χ1) is 10.4. The highest BCUT2D eigenvalue weighted by Crippen LogP contribution is 2.25. The Morgan fingerprint density at radius 1 is 1.41 bits per heavy atom. The van der Waals surface area contributed by atoms with Crippen molar-refractivity contribution in [3.63, 3.8) is 0 Å². The highest BCUT2D eigenvalue weighted by atomic mass is 32.2. The number of nitro benzene ring substituents is 1. The minimum absolute atomic E-state index is 0.126. The zero-order valence-corrected chi connectivity index (χ0v) is 14.4. The number of carbonyl (C=O) groups is 1. The zero-order chi connectivity index (χ0) is 16.7. The van der Waals surface area contributed by atoms with Crippen LogP contribution in [-0.4, -0.2) is 38.4 Å². The normalized spacial score (nSPS) is 11.6. The van der Waals surface area contributed by atoms with E-state index in [0.717, 1.165) is 13.1 Å². The van der Waals surface area contributed by atoms with Gasteiger partial charge in [0.1, 0.15) is 10.0 Å². The fourth-order valence-corrected chi connectivity index (χ4v) is 3.30. The van der Waals surface area contributed by atoms with E-state index in [-0.39, 0.29) is 17.3 Å². The van der Waals surface area contributed by atoms with Crippen LogP contribution >= 0.6 is 24.0 Å². The lowest BCUT2D eigenvalue weighted by Crippen LogP contribution is -2.31. The molecule has 0 spiro atoms.